The SMILES string of the molecule is CNC(C1CCNCC1)C1CCOCC1. The summed E-state index contributed by atoms with van der Waals surface area (Å²) >= 11 is 0. The van der Waals surface area contributed by atoms with Gasteiger partial charge in [-0.3, -0.25) is 0 Å². The number of hydrogen-bond acceptors (Lipinski definition) is 3. The highest BCUT2D eigenvalue weighted by Crippen LogP contribution is 2.27. The zero-order chi connectivity index (χ0) is 10.5. The molecular weight excluding hydrogens is 188 g/mol. The lowest BCUT2D eigenvalue weighted by Gasteiger charge is -2.37. The van der Waals surface area contributed by atoms with Crippen LogP contribution in [0.25, 0.3) is 0 Å². The fraction of sp³-hybridized carbons (Fsp3) is 1.00. The van der Waals surface area contributed by atoms with E-state index in [1.165, 1.54) is 38.8 Å². The number of rotatable bonds is 3. The summed E-state index contributed by atoms with van der Waals surface area (Å²) < 4.78 is 5.44. The zero-order valence-corrected chi connectivity index (χ0v) is 9.80. The Balaban J connectivity index is 1.88. The maximum atomic E-state index is 5.44. The first-order valence-corrected chi connectivity index (χ1v) is 6.37. The molecule has 1 atom stereocenters. The summed E-state index contributed by atoms with van der Waals surface area (Å²) in [7, 11) is 2.13. The van der Waals surface area contributed by atoms with Crippen molar-refractivity contribution in [3.8, 4) is 0 Å². The van der Waals surface area contributed by atoms with E-state index in [0.717, 1.165) is 31.1 Å². The van der Waals surface area contributed by atoms with Crippen molar-refractivity contribution >= 4 is 0 Å². The molecule has 1 unspecified atom stereocenters. The molecule has 2 aliphatic rings. The lowest BCUT2D eigenvalue weighted by atomic mass is 9.79. The maximum absolute atomic E-state index is 5.44. The molecule has 3 heteroatoms. The number of nitrogens with one attached hydrogen (secondary N) is 2. The summed E-state index contributed by atoms with van der Waals surface area (Å²) in [5.41, 5.74) is 0. The Morgan fingerprint density at radius 3 is 2.27 bits per heavy atom. The fourth-order valence-electron chi connectivity index (χ4n) is 3.13. The van der Waals surface area contributed by atoms with Gasteiger partial charge in [0.15, 0.2) is 0 Å². The van der Waals surface area contributed by atoms with Gasteiger partial charge in [-0.1, -0.05) is 0 Å². The predicted octanol–water partition coefficient (Wildman–Crippen LogP) is 1.00. The molecule has 2 fully saturated rings. The molecule has 3 nitrogen and oxygen atoms in total. The van der Waals surface area contributed by atoms with Crippen LogP contribution >= 0.6 is 0 Å². The monoisotopic (exact) mass is 212 g/mol. The third-order valence-corrected chi connectivity index (χ3v) is 4.00. The molecule has 2 aliphatic heterocycles. The summed E-state index contributed by atoms with van der Waals surface area (Å²) in [6.45, 7) is 4.33. The summed E-state index contributed by atoms with van der Waals surface area (Å²) in [6.07, 6.45) is 5.16. The van der Waals surface area contributed by atoms with Crippen LogP contribution in [-0.4, -0.2) is 39.4 Å². The fourth-order valence-corrected chi connectivity index (χ4v) is 3.13. The Kier molecular flexibility index (Phi) is 4.42. The topological polar surface area (TPSA) is 33.3 Å². The van der Waals surface area contributed by atoms with Gasteiger partial charge in [0.05, 0.1) is 0 Å². The molecule has 0 aliphatic carbocycles. The quantitative estimate of drug-likeness (QED) is 0.732. The highest BCUT2D eigenvalue weighted by Gasteiger charge is 2.30. The molecule has 88 valence electrons. The van der Waals surface area contributed by atoms with E-state index in [4.69, 9.17) is 4.74 Å². The average Bonchev–Trinajstić information content (AvgIpc) is 2.33. The van der Waals surface area contributed by atoms with Crippen LogP contribution in [0.2, 0.25) is 0 Å². The van der Waals surface area contributed by atoms with E-state index in [1.54, 1.807) is 0 Å². The third kappa shape index (κ3) is 2.92. The van der Waals surface area contributed by atoms with Gasteiger partial charge in [0.25, 0.3) is 0 Å². The molecule has 0 amide bonds. The van der Waals surface area contributed by atoms with E-state index < -0.39 is 0 Å². The minimum Gasteiger partial charge on any atom is -0.381 e. The van der Waals surface area contributed by atoms with Gasteiger partial charge < -0.3 is 15.4 Å². The van der Waals surface area contributed by atoms with Crippen LogP contribution in [-0.2, 0) is 4.74 Å². The number of hydrogen-bond donors (Lipinski definition) is 2. The lowest BCUT2D eigenvalue weighted by molar-refractivity contribution is 0.0427. The zero-order valence-electron chi connectivity index (χ0n) is 9.80. The molecule has 0 bridgehead atoms. The summed E-state index contributed by atoms with van der Waals surface area (Å²) in [4.78, 5) is 0. The summed E-state index contributed by atoms with van der Waals surface area (Å²) in [5.74, 6) is 1.71. The van der Waals surface area contributed by atoms with Crippen LogP contribution in [0.5, 0.6) is 0 Å². The minimum atomic E-state index is 0.719. The largest absolute Gasteiger partial charge is 0.381 e. The van der Waals surface area contributed by atoms with Gasteiger partial charge in [0, 0.05) is 19.3 Å². The van der Waals surface area contributed by atoms with Crippen molar-refractivity contribution in [2.24, 2.45) is 11.8 Å². The van der Waals surface area contributed by atoms with Crippen molar-refractivity contribution in [3.63, 3.8) is 0 Å². The Hall–Kier alpha value is -0.120. The molecule has 2 rings (SSSR count). The third-order valence-electron chi connectivity index (χ3n) is 4.00. The first-order valence-electron chi connectivity index (χ1n) is 6.37. The first-order chi connectivity index (χ1) is 7.42. The summed E-state index contributed by atoms with van der Waals surface area (Å²) in [6, 6.07) is 0.719. The standard InChI is InChI=1S/C12H24N2O/c1-13-12(10-2-6-14-7-3-10)11-4-8-15-9-5-11/h10-14H,2-9H2,1H3. The highest BCUT2D eigenvalue weighted by molar-refractivity contribution is 4.86. The van der Waals surface area contributed by atoms with Crippen LogP contribution in [0.3, 0.4) is 0 Å². The van der Waals surface area contributed by atoms with Crippen molar-refractivity contribution < 1.29 is 4.74 Å². The molecule has 0 saturated carbocycles. The highest BCUT2D eigenvalue weighted by atomic mass is 16.5. The number of ether oxygens (including phenoxy) is 1. The van der Waals surface area contributed by atoms with Crippen LogP contribution < -0.4 is 10.6 Å². The molecular formula is C12H24N2O. The second-order valence-electron chi connectivity index (χ2n) is 4.85. The normalized spacial score (nSPS) is 27.8. The average molecular weight is 212 g/mol. The van der Waals surface area contributed by atoms with Crippen LogP contribution in [0.1, 0.15) is 25.7 Å². The molecule has 2 saturated heterocycles. The second kappa shape index (κ2) is 5.83. The van der Waals surface area contributed by atoms with Gasteiger partial charge in [-0.05, 0) is 57.7 Å². The maximum Gasteiger partial charge on any atom is 0.0469 e. The first kappa shape index (κ1) is 11.4. The molecule has 0 aromatic rings. The van der Waals surface area contributed by atoms with Crippen molar-refractivity contribution in [2.75, 3.05) is 33.4 Å². The van der Waals surface area contributed by atoms with E-state index in [9.17, 15) is 0 Å². The van der Waals surface area contributed by atoms with Crippen molar-refractivity contribution in [1.82, 2.24) is 10.6 Å². The van der Waals surface area contributed by atoms with E-state index >= 15 is 0 Å². The van der Waals surface area contributed by atoms with Gasteiger partial charge in [0.2, 0.25) is 0 Å². The Morgan fingerprint density at radius 2 is 1.67 bits per heavy atom. The molecule has 0 aromatic carbocycles. The second-order valence-corrected chi connectivity index (χ2v) is 4.85. The molecule has 0 radical (unpaired) electrons. The number of piperidine rings is 1. The van der Waals surface area contributed by atoms with Gasteiger partial charge in [-0.25, -0.2) is 0 Å². The van der Waals surface area contributed by atoms with Gasteiger partial charge in [0.1, 0.15) is 0 Å². The predicted molar refractivity (Wildman–Crippen MR) is 62.0 cm³/mol. The van der Waals surface area contributed by atoms with Crippen molar-refractivity contribution in [3.05, 3.63) is 0 Å². The van der Waals surface area contributed by atoms with Crippen LogP contribution in [0.15, 0.2) is 0 Å². The molecule has 0 spiro atoms. The van der Waals surface area contributed by atoms with Gasteiger partial charge in [-0.15, -0.1) is 0 Å². The molecule has 2 heterocycles. The van der Waals surface area contributed by atoms with E-state index in [2.05, 4.69) is 17.7 Å². The summed E-state index contributed by atoms with van der Waals surface area (Å²) in [5, 5.41) is 7.00. The van der Waals surface area contributed by atoms with Crippen molar-refractivity contribution in [1.29, 1.82) is 0 Å². The van der Waals surface area contributed by atoms with Crippen LogP contribution in [0, 0.1) is 11.8 Å². The van der Waals surface area contributed by atoms with Gasteiger partial charge >= 0.3 is 0 Å². The molecule has 0 aromatic heterocycles. The Bertz CT molecular complexity index is 156. The van der Waals surface area contributed by atoms with E-state index in [1.807, 2.05) is 0 Å². The molecule has 15 heavy (non-hydrogen) atoms. The molecule has 2 N–H and O–H groups in total. The minimum absolute atomic E-state index is 0.719. The van der Waals surface area contributed by atoms with E-state index in [0.29, 0.717) is 0 Å². The van der Waals surface area contributed by atoms with Gasteiger partial charge in [-0.2, -0.15) is 0 Å². The van der Waals surface area contributed by atoms with Crippen molar-refractivity contribution in [2.45, 2.75) is 31.7 Å². The lowest BCUT2D eigenvalue weighted by Crippen LogP contribution is -2.46. The van der Waals surface area contributed by atoms with E-state index in [-0.39, 0.29) is 0 Å². The smallest absolute Gasteiger partial charge is 0.0469 e. The van der Waals surface area contributed by atoms with Crippen LogP contribution in [0.4, 0.5) is 0 Å². The Labute approximate surface area is 93.0 Å². The Morgan fingerprint density at radius 1 is 1.07 bits per heavy atom.